The van der Waals surface area contributed by atoms with E-state index < -0.39 is 0 Å². The predicted octanol–water partition coefficient (Wildman–Crippen LogP) is -1.33. The van der Waals surface area contributed by atoms with Crippen LogP contribution >= 0.6 is 12.2 Å². The van der Waals surface area contributed by atoms with Crippen LogP contribution in [0.15, 0.2) is 12.1 Å². The minimum absolute atomic E-state index is 0. The van der Waals surface area contributed by atoms with Gasteiger partial charge < -0.3 is 44.0 Å². The maximum absolute atomic E-state index is 5.39. The molecule has 0 spiro atoms. The quantitative estimate of drug-likeness (QED) is 0.364. The second kappa shape index (κ2) is 9.86. The molecule has 1 saturated heterocycles. The summed E-state index contributed by atoms with van der Waals surface area (Å²) in [4.78, 5) is 4.43. The minimum Gasteiger partial charge on any atom is -0.493 e. The van der Waals surface area contributed by atoms with Crippen LogP contribution in [-0.4, -0.2) is 61.6 Å². The first-order valence-corrected chi connectivity index (χ1v) is 7.87. The summed E-state index contributed by atoms with van der Waals surface area (Å²) < 4.78 is 16.7. The van der Waals surface area contributed by atoms with Gasteiger partial charge in [-0.3, -0.25) is 4.90 Å². The first-order valence-electron chi connectivity index (χ1n) is 7.06. The number of nitrogens with zero attached hydrogens (tertiary/aromatic N) is 2. The van der Waals surface area contributed by atoms with Gasteiger partial charge in [-0.2, -0.15) is 0 Å². The van der Waals surface area contributed by atoms with Crippen LogP contribution in [0.5, 0.6) is 17.2 Å². The Morgan fingerprint density at radius 1 is 1.04 bits per heavy atom. The van der Waals surface area contributed by atoms with E-state index in [-0.39, 0.29) is 29.6 Å². The number of thiocarbonyl (C=S) groups is 1. The molecule has 0 atom stereocenters. The Balaban J connectivity index is 0.00000264. The zero-order valence-corrected chi connectivity index (χ0v) is 17.8. The van der Waals surface area contributed by atoms with Crippen molar-refractivity contribution in [3.05, 3.63) is 17.7 Å². The van der Waals surface area contributed by atoms with E-state index in [0.717, 1.165) is 38.3 Å². The molecule has 0 amide bonds. The van der Waals surface area contributed by atoms with Gasteiger partial charge in [-0.25, -0.2) is 0 Å². The van der Waals surface area contributed by atoms with E-state index in [9.17, 15) is 0 Å². The summed E-state index contributed by atoms with van der Waals surface area (Å²) in [5, 5.41) is 0. The molecule has 1 aromatic carbocycles. The molecule has 1 aromatic rings. The summed E-state index contributed by atoms with van der Waals surface area (Å²) in [7, 11) is 4.87. The van der Waals surface area contributed by atoms with Gasteiger partial charge in [0.1, 0.15) is 0 Å². The molecule has 0 radical (unpaired) electrons. The Labute approximate surface area is 170 Å². The van der Waals surface area contributed by atoms with Crippen LogP contribution in [0.4, 0.5) is 0 Å². The molecule has 1 aliphatic heterocycles. The van der Waals surface area contributed by atoms with E-state index in [2.05, 4.69) is 9.80 Å². The maximum Gasteiger partial charge on any atom is 1.00 e. The zero-order valence-electron chi connectivity index (χ0n) is 14.1. The van der Waals surface area contributed by atoms with E-state index >= 15 is 0 Å². The Morgan fingerprint density at radius 3 is 1.96 bits per heavy atom. The van der Waals surface area contributed by atoms with E-state index in [0.29, 0.717) is 21.6 Å². The summed E-state index contributed by atoms with van der Waals surface area (Å²) >= 11 is 10.1. The Bertz CT molecular complexity index is 512. The third-order valence-electron chi connectivity index (χ3n) is 3.76. The van der Waals surface area contributed by atoms with Gasteiger partial charge in [0.25, 0.3) is 0 Å². The number of hydrogen-bond donors (Lipinski definition) is 0. The topological polar surface area (TPSA) is 34.2 Å². The van der Waals surface area contributed by atoms with Gasteiger partial charge in [-0.1, -0.05) is 4.32 Å². The second-order valence-electron chi connectivity index (χ2n) is 5.06. The SMILES string of the molecule is COc1cc(CN2CCN(C(=S)[S-])CC2)cc(OC)c1OC.[Na+]. The molecule has 0 saturated carbocycles. The van der Waals surface area contributed by atoms with Gasteiger partial charge in [-0.05, 0) is 17.7 Å². The molecule has 8 heteroatoms. The molecule has 0 bridgehead atoms. The number of ether oxygens (including phenoxy) is 3. The number of piperazine rings is 1. The third-order valence-corrected chi connectivity index (χ3v) is 4.28. The predicted molar refractivity (Wildman–Crippen MR) is 92.9 cm³/mol. The fourth-order valence-corrected chi connectivity index (χ4v) is 2.94. The van der Waals surface area contributed by atoms with E-state index in [1.807, 2.05) is 12.1 Å². The number of benzene rings is 1. The van der Waals surface area contributed by atoms with Crippen LogP contribution in [0, 0.1) is 0 Å². The normalized spacial score (nSPS) is 14.8. The van der Waals surface area contributed by atoms with E-state index in [4.69, 9.17) is 39.1 Å². The molecule has 1 aliphatic rings. The van der Waals surface area contributed by atoms with E-state index in [1.165, 1.54) is 0 Å². The molecule has 0 aliphatic carbocycles. The van der Waals surface area contributed by atoms with Crippen molar-refractivity contribution in [2.45, 2.75) is 6.54 Å². The number of methoxy groups -OCH3 is 3. The first kappa shape index (κ1) is 20.7. The fourth-order valence-electron chi connectivity index (χ4n) is 2.57. The fraction of sp³-hybridized carbons (Fsp3) is 0.533. The monoisotopic (exact) mass is 364 g/mol. The van der Waals surface area contributed by atoms with Crippen LogP contribution in [0.2, 0.25) is 0 Å². The van der Waals surface area contributed by atoms with Crippen LogP contribution in [0.25, 0.3) is 0 Å². The molecule has 0 unspecified atom stereocenters. The average molecular weight is 364 g/mol. The van der Waals surface area contributed by atoms with Crippen molar-refractivity contribution in [1.82, 2.24) is 9.80 Å². The largest absolute Gasteiger partial charge is 1.00 e. The molecular formula is C15H21N2NaO3S2. The van der Waals surface area contributed by atoms with Crippen LogP contribution < -0.4 is 43.8 Å². The van der Waals surface area contributed by atoms with Crippen molar-refractivity contribution >= 4 is 29.2 Å². The maximum atomic E-state index is 5.39. The van der Waals surface area contributed by atoms with Crippen molar-refractivity contribution in [1.29, 1.82) is 0 Å². The Hall–Kier alpha value is -0.310. The standard InChI is InChI=1S/C15H22N2O3S2.Na/c1-18-12-8-11(9-13(19-2)14(12)20-3)10-16-4-6-17(7-5-16)15(21)22;/h8-9H,4-7,10H2,1-3H3,(H,21,22);/q;+1/p-1. The van der Waals surface area contributed by atoms with Crippen molar-refractivity contribution in [3.63, 3.8) is 0 Å². The number of hydrogen-bond acceptors (Lipinski definition) is 6. The molecule has 122 valence electrons. The average Bonchev–Trinajstić information content (AvgIpc) is 2.54. The van der Waals surface area contributed by atoms with Gasteiger partial charge >= 0.3 is 29.6 Å². The van der Waals surface area contributed by atoms with Gasteiger partial charge in [0.05, 0.1) is 21.3 Å². The second-order valence-corrected chi connectivity index (χ2v) is 6.09. The summed E-state index contributed by atoms with van der Waals surface area (Å²) in [6.45, 7) is 4.47. The van der Waals surface area contributed by atoms with E-state index in [1.54, 1.807) is 21.3 Å². The van der Waals surface area contributed by atoms with Crippen LogP contribution in [-0.2, 0) is 19.2 Å². The van der Waals surface area contributed by atoms with Crippen LogP contribution in [0.1, 0.15) is 5.56 Å². The van der Waals surface area contributed by atoms with Crippen molar-refractivity contribution in [2.24, 2.45) is 0 Å². The summed E-state index contributed by atoms with van der Waals surface area (Å²) in [5.74, 6) is 1.99. The Kier molecular flexibility index (Phi) is 8.89. The van der Waals surface area contributed by atoms with Gasteiger partial charge in [0, 0.05) is 32.7 Å². The zero-order chi connectivity index (χ0) is 16.1. The molecule has 5 nitrogen and oxygen atoms in total. The Morgan fingerprint density at radius 2 is 1.57 bits per heavy atom. The molecule has 1 fully saturated rings. The number of rotatable bonds is 5. The third kappa shape index (κ3) is 5.34. The molecular weight excluding hydrogens is 343 g/mol. The van der Waals surface area contributed by atoms with Gasteiger partial charge in [0.15, 0.2) is 11.5 Å². The molecule has 0 aromatic heterocycles. The molecule has 23 heavy (non-hydrogen) atoms. The molecule has 2 rings (SSSR count). The van der Waals surface area contributed by atoms with Crippen molar-refractivity contribution in [3.8, 4) is 17.2 Å². The van der Waals surface area contributed by atoms with Gasteiger partial charge in [0.2, 0.25) is 5.75 Å². The van der Waals surface area contributed by atoms with Crippen molar-refractivity contribution in [2.75, 3.05) is 47.5 Å². The smallest absolute Gasteiger partial charge is 0.493 e. The summed E-state index contributed by atoms with van der Waals surface area (Å²) in [6.07, 6.45) is 0. The van der Waals surface area contributed by atoms with Crippen molar-refractivity contribution < 1.29 is 43.8 Å². The minimum atomic E-state index is 0. The summed E-state index contributed by atoms with van der Waals surface area (Å²) in [6, 6.07) is 3.98. The first-order chi connectivity index (χ1) is 10.6. The summed E-state index contributed by atoms with van der Waals surface area (Å²) in [5.41, 5.74) is 1.13. The van der Waals surface area contributed by atoms with Gasteiger partial charge in [-0.15, -0.1) is 0 Å². The molecule has 1 heterocycles. The molecule has 0 N–H and O–H groups in total. The van der Waals surface area contributed by atoms with Crippen LogP contribution in [0.3, 0.4) is 0 Å².